The lowest BCUT2D eigenvalue weighted by molar-refractivity contribution is -0.384. The molecule has 8 heteroatoms. The van der Waals surface area contributed by atoms with Crippen molar-refractivity contribution >= 4 is 33.1 Å². The van der Waals surface area contributed by atoms with E-state index in [1.807, 2.05) is 0 Å². The van der Waals surface area contributed by atoms with Crippen molar-refractivity contribution in [2.75, 3.05) is 11.9 Å². The van der Waals surface area contributed by atoms with Crippen LogP contribution in [0.4, 0.5) is 11.5 Å². The number of nitrogens with zero attached hydrogens (tertiary/aromatic N) is 3. The summed E-state index contributed by atoms with van der Waals surface area (Å²) in [6.07, 6.45) is 1.64. The summed E-state index contributed by atoms with van der Waals surface area (Å²) in [7, 11) is 0. The number of aryl methyl sites for hydroxylation is 1. The van der Waals surface area contributed by atoms with Crippen molar-refractivity contribution in [3.8, 4) is 0 Å². The van der Waals surface area contributed by atoms with Crippen molar-refractivity contribution in [2.24, 2.45) is 0 Å². The van der Waals surface area contributed by atoms with Gasteiger partial charge in [-0.3, -0.25) is 10.1 Å². The molecular weight excluding hydrogens is 328 g/mol. The summed E-state index contributed by atoms with van der Waals surface area (Å²) < 4.78 is 0. The van der Waals surface area contributed by atoms with E-state index in [0.717, 1.165) is 16.6 Å². The Hall–Kier alpha value is -2.58. The number of nitro benzene ring substituents is 1. The molecule has 2 N–H and O–H groups in total. The first-order valence-corrected chi connectivity index (χ1v) is 8.30. The van der Waals surface area contributed by atoms with Crippen LogP contribution >= 0.6 is 11.3 Å². The van der Waals surface area contributed by atoms with Crippen LogP contribution in [0.25, 0.3) is 10.2 Å². The van der Waals surface area contributed by atoms with Gasteiger partial charge in [-0.1, -0.05) is 6.92 Å². The van der Waals surface area contributed by atoms with Gasteiger partial charge in [0.15, 0.2) is 0 Å². The van der Waals surface area contributed by atoms with E-state index < -0.39 is 11.0 Å². The molecule has 0 unspecified atom stereocenters. The van der Waals surface area contributed by atoms with E-state index in [2.05, 4.69) is 28.3 Å². The lowest BCUT2D eigenvalue weighted by Crippen LogP contribution is -2.13. The Bertz CT molecular complexity index is 863. The normalized spacial score (nSPS) is 12.2. The Kier molecular flexibility index (Phi) is 4.68. The summed E-state index contributed by atoms with van der Waals surface area (Å²) >= 11 is 1.63. The van der Waals surface area contributed by atoms with Gasteiger partial charge in [-0.15, -0.1) is 11.3 Å². The summed E-state index contributed by atoms with van der Waals surface area (Å²) in [6, 6.07) is 7.93. The number of anilines is 1. The first-order chi connectivity index (χ1) is 11.6. The zero-order valence-electron chi connectivity index (χ0n) is 13.0. The molecule has 0 aliphatic rings. The molecule has 1 aromatic carbocycles. The molecule has 24 heavy (non-hydrogen) atoms. The Morgan fingerprint density at radius 3 is 2.75 bits per heavy atom. The van der Waals surface area contributed by atoms with Crippen LogP contribution in [-0.4, -0.2) is 26.5 Å². The van der Waals surface area contributed by atoms with E-state index in [-0.39, 0.29) is 12.2 Å². The third kappa shape index (κ3) is 3.34. The second kappa shape index (κ2) is 6.90. The monoisotopic (exact) mass is 344 g/mol. The first-order valence-electron chi connectivity index (χ1n) is 7.48. The quantitative estimate of drug-likeness (QED) is 0.525. The van der Waals surface area contributed by atoms with Gasteiger partial charge >= 0.3 is 0 Å². The molecule has 124 valence electrons. The highest BCUT2D eigenvalue weighted by Crippen LogP contribution is 2.28. The summed E-state index contributed by atoms with van der Waals surface area (Å²) in [4.78, 5) is 20.8. The molecule has 0 fully saturated rings. The fraction of sp³-hybridized carbons (Fsp3) is 0.250. The summed E-state index contributed by atoms with van der Waals surface area (Å²) in [6.45, 7) is 2.34. The largest absolute Gasteiger partial charge is 0.387 e. The number of hydrogen-bond donors (Lipinski definition) is 2. The number of hydrogen-bond acceptors (Lipinski definition) is 7. The summed E-state index contributed by atoms with van der Waals surface area (Å²) in [5, 5.41) is 25.0. The molecule has 2 heterocycles. The summed E-state index contributed by atoms with van der Waals surface area (Å²) in [5.41, 5.74) is 0.611. The van der Waals surface area contributed by atoms with Crippen LogP contribution in [0, 0.1) is 10.1 Å². The smallest absolute Gasteiger partial charge is 0.269 e. The van der Waals surface area contributed by atoms with Gasteiger partial charge in [0.05, 0.1) is 16.4 Å². The molecule has 0 saturated heterocycles. The molecule has 0 radical (unpaired) electrons. The van der Waals surface area contributed by atoms with Crippen LogP contribution in [-0.2, 0) is 6.42 Å². The van der Waals surface area contributed by atoms with E-state index in [0.29, 0.717) is 11.4 Å². The number of thiophene rings is 1. The number of fused-ring (bicyclic) bond motifs is 1. The predicted octanol–water partition coefficient (Wildman–Crippen LogP) is 3.31. The number of nitrogens with one attached hydrogen (secondary N) is 1. The van der Waals surface area contributed by atoms with Crippen LogP contribution in [0.5, 0.6) is 0 Å². The molecule has 0 bridgehead atoms. The van der Waals surface area contributed by atoms with E-state index in [4.69, 9.17) is 0 Å². The average Bonchev–Trinajstić information content (AvgIpc) is 3.03. The summed E-state index contributed by atoms with van der Waals surface area (Å²) in [5.74, 6) is 0.678. The van der Waals surface area contributed by atoms with E-state index in [1.165, 1.54) is 23.3 Å². The van der Waals surface area contributed by atoms with Crippen molar-refractivity contribution in [2.45, 2.75) is 19.4 Å². The number of nitro groups is 1. The van der Waals surface area contributed by atoms with Crippen molar-refractivity contribution in [3.63, 3.8) is 0 Å². The molecule has 0 saturated carbocycles. The predicted molar refractivity (Wildman–Crippen MR) is 93.3 cm³/mol. The minimum atomic E-state index is -0.792. The molecule has 7 nitrogen and oxygen atoms in total. The lowest BCUT2D eigenvalue weighted by Gasteiger charge is -2.13. The van der Waals surface area contributed by atoms with E-state index in [1.54, 1.807) is 23.5 Å². The van der Waals surface area contributed by atoms with Gasteiger partial charge in [0.1, 0.15) is 17.0 Å². The maximum absolute atomic E-state index is 10.7. The second-order valence-electron chi connectivity index (χ2n) is 5.25. The van der Waals surface area contributed by atoms with Crippen LogP contribution in [0.15, 0.2) is 36.7 Å². The van der Waals surface area contributed by atoms with E-state index >= 15 is 0 Å². The fourth-order valence-corrected chi connectivity index (χ4v) is 3.28. The minimum absolute atomic E-state index is 0.00165. The van der Waals surface area contributed by atoms with Crippen LogP contribution in [0.1, 0.15) is 23.5 Å². The molecular formula is C16H16N4O3S. The average molecular weight is 344 g/mol. The molecule has 0 spiro atoms. The fourth-order valence-electron chi connectivity index (χ4n) is 2.35. The third-order valence-corrected chi connectivity index (χ3v) is 4.87. The van der Waals surface area contributed by atoms with Crippen LogP contribution < -0.4 is 5.32 Å². The first kappa shape index (κ1) is 16.3. The zero-order chi connectivity index (χ0) is 17.1. The molecule has 1 atom stereocenters. The topological polar surface area (TPSA) is 101 Å². The molecule has 0 amide bonds. The molecule has 0 aliphatic carbocycles. The van der Waals surface area contributed by atoms with Gasteiger partial charge in [-0.25, -0.2) is 9.97 Å². The van der Waals surface area contributed by atoms with Gasteiger partial charge in [0.2, 0.25) is 0 Å². The SMILES string of the molecule is CCc1cc2c(NC[C@@H](O)c3ccc([N+](=O)[O-])cc3)ncnc2s1. The second-order valence-corrected chi connectivity index (χ2v) is 6.37. The number of aromatic nitrogens is 2. The van der Waals surface area contributed by atoms with E-state index in [9.17, 15) is 15.2 Å². The number of benzene rings is 1. The highest BCUT2D eigenvalue weighted by atomic mass is 32.1. The van der Waals surface area contributed by atoms with Gasteiger partial charge in [-0.2, -0.15) is 0 Å². The molecule has 3 aromatic rings. The number of non-ortho nitro benzene ring substituents is 1. The molecule has 2 aromatic heterocycles. The van der Waals surface area contributed by atoms with Crippen LogP contribution in [0.2, 0.25) is 0 Å². The van der Waals surface area contributed by atoms with Crippen LogP contribution in [0.3, 0.4) is 0 Å². The highest BCUT2D eigenvalue weighted by Gasteiger charge is 2.13. The number of aliphatic hydroxyl groups excluding tert-OH is 1. The van der Waals surface area contributed by atoms with Gasteiger partial charge in [-0.05, 0) is 30.2 Å². The van der Waals surface area contributed by atoms with Crippen molar-refractivity contribution in [1.29, 1.82) is 0 Å². The van der Waals surface area contributed by atoms with Gasteiger partial charge in [0, 0.05) is 23.6 Å². The standard InChI is InChI=1S/C16H16N4O3S/c1-2-12-7-13-15(18-9-19-16(13)24-12)17-8-14(21)10-3-5-11(6-4-10)20(22)23/h3-7,9,14,21H,2,8H2,1H3,(H,17,18,19)/t14-/m1/s1. The Balaban J connectivity index is 1.73. The van der Waals surface area contributed by atoms with Crippen molar-refractivity contribution in [3.05, 3.63) is 57.2 Å². The molecule has 0 aliphatic heterocycles. The third-order valence-electron chi connectivity index (χ3n) is 3.68. The zero-order valence-corrected chi connectivity index (χ0v) is 13.8. The van der Waals surface area contributed by atoms with Crippen molar-refractivity contribution in [1.82, 2.24) is 9.97 Å². The van der Waals surface area contributed by atoms with Gasteiger partial charge < -0.3 is 10.4 Å². The van der Waals surface area contributed by atoms with Gasteiger partial charge in [0.25, 0.3) is 5.69 Å². The van der Waals surface area contributed by atoms with Crippen molar-refractivity contribution < 1.29 is 10.0 Å². The number of aliphatic hydroxyl groups is 1. The maximum atomic E-state index is 10.7. The maximum Gasteiger partial charge on any atom is 0.269 e. The number of rotatable bonds is 6. The minimum Gasteiger partial charge on any atom is -0.387 e. The Morgan fingerprint density at radius 2 is 2.08 bits per heavy atom. The highest BCUT2D eigenvalue weighted by molar-refractivity contribution is 7.18. The lowest BCUT2D eigenvalue weighted by atomic mass is 10.1. The Labute approximate surface area is 142 Å². The molecule has 3 rings (SSSR count). The Morgan fingerprint density at radius 1 is 1.33 bits per heavy atom.